The quantitative estimate of drug-likeness (QED) is 0.869. The molecule has 1 N–H and O–H groups in total. The first-order valence-electron chi connectivity index (χ1n) is 7.56. The molecular weight excluding hydrogens is 266 g/mol. The number of benzene rings is 1. The number of hydrogen-bond donors (Lipinski definition) is 1. The molecule has 4 heteroatoms. The molecule has 112 valence electrons. The van der Waals surface area contributed by atoms with Crippen molar-refractivity contribution in [3.05, 3.63) is 30.0 Å². The van der Waals surface area contributed by atoms with Crippen LogP contribution in [0.15, 0.2) is 30.0 Å². The van der Waals surface area contributed by atoms with E-state index >= 15 is 0 Å². The summed E-state index contributed by atoms with van der Waals surface area (Å²) >= 11 is 0. The van der Waals surface area contributed by atoms with E-state index in [-0.39, 0.29) is 5.78 Å². The third-order valence-corrected chi connectivity index (χ3v) is 4.14. The number of carbonyl (C=O) groups excluding carboxylic acids is 1. The molecule has 2 aliphatic rings. The summed E-state index contributed by atoms with van der Waals surface area (Å²) in [7, 11) is 1.65. The molecule has 1 fully saturated rings. The maximum absolute atomic E-state index is 11.3. The average molecular weight is 287 g/mol. The molecule has 1 saturated carbocycles. The van der Waals surface area contributed by atoms with Crippen molar-refractivity contribution >= 4 is 11.5 Å². The molecule has 21 heavy (non-hydrogen) atoms. The number of anilines is 1. The molecule has 0 aliphatic heterocycles. The topological polar surface area (TPSA) is 47.6 Å². The molecule has 2 aliphatic carbocycles. The Kier molecular flexibility index (Phi) is 4.13. The van der Waals surface area contributed by atoms with Crippen LogP contribution >= 0.6 is 0 Å². The fourth-order valence-electron chi connectivity index (χ4n) is 2.61. The zero-order valence-corrected chi connectivity index (χ0v) is 12.4. The van der Waals surface area contributed by atoms with Crippen LogP contribution in [0.25, 0.3) is 0 Å². The van der Waals surface area contributed by atoms with E-state index in [4.69, 9.17) is 9.47 Å². The van der Waals surface area contributed by atoms with Gasteiger partial charge in [-0.15, -0.1) is 0 Å². The van der Waals surface area contributed by atoms with Gasteiger partial charge in [0.15, 0.2) is 17.3 Å². The molecule has 0 bridgehead atoms. The lowest BCUT2D eigenvalue weighted by molar-refractivity contribution is -0.114. The average Bonchev–Trinajstić information content (AvgIpc) is 2.83. The van der Waals surface area contributed by atoms with E-state index in [2.05, 4.69) is 5.32 Å². The van der Waals surface area contributed by atoms with Gasteiger partial charge in [-0.25, -0.2) is 0 Å². The highest BCUT2D eigenvalue weighted by atomic mass is 16.5. The predicted octanol–water partition coefficient (Wildman–Crippen LogP) is 3.53. The Balaban J connectivity index is 1.69. The first-order valence-corrected chi connectivity index (χ1v) is 7.56. The highest BCUT2D eigenvalue weighted by Crippen LogP contribution is 2.34. The Labute approximate surface area is 125 Å². The first kappa shape index (κ1) is 14.0. The van der Waals surface area contributed by atoms with Gasteiger partial charge in [-0.3, -0.25) is 4.79 Å². The maximum atomic E-state index is 11.3. The summed E-state index contributed by atoms with van der Waals surface area (Å²) in [5.74, 6) is 2.38. The van der Waals surface area contributed by atoms with Gasteiger partial charge in [0, 0.05) is 29.9 Å². The van der Waals surface area contributed by atoms with Crippen LogP contribution in [0.3, 0.4) is 0 Å². The zero-order chi connectivity index (χ0) is 14.7. The summed E-state index contributed by atoms with van der Waals surface area (Å²) in [6.07, 6.45) is 6.89. The Morgan fingerprint density at radius 1 is 1.24 bits per heavy atom. The van der Waals surface area contributed by atoms with Gasteiger partial charge < -0.3 is 14.8 Å². The fraction of sp³-hybridized carbons (Fsp3) is 0.471. The highest BCUT2D eigenvalue weighted by Gasteiger charge is 2.19. The number of hydrogen-bond acceptors (Lipinski definition) is 4. The largest absolute Gasteiger partial charge is 0.493 e. The molecule has 0 heterocycles. The molecule has 3 rings (SSSR count). The van der Waals surface area contributed by atoms with Crippen molar-refractivity contribution in [2.75, 3.05) is 19.0 Å². The number of allylic oxidation sites excluding steroid dienone is 2. The molecule has 1 aromatic rings. The molecule has 1 aromatic carbocycles. The molecule has 4 nitrogen and oxygen atoms in total. The number of methoxy groups -OCH3 is 1. The molecule has 0 atom stereocenters. The van der Waals surface area contributed by atoms with Crippen molar-refractivity contribution in [3.8, 4) is 11.5 Å². The van der Waals surface area contributed by atoms with E-state index in [0.29, 0.717) is 12.3 Å². The summed E-state index contributed by atoms with van der Waals surface area (Å²) in [5, 5.41) is 3.28. The van der Waals surface area contributed by atoms with E-state index in [9.17, 15) is 4.79 Å². The summed E-state index contributed by atoms with van der Waals surface area (Å²) in [5.41, 5.74) is 1.90. The molecule has 0 unspecified atom stereocenters. The summed E-state index contributed by atoms with van der Waals surface area (Å²) < 4.78 is 11.3. The van der Waals surface area contributed by atoms with Gasteiger partial charge in [0.25, 0.3) is 0 Å². The van der Waals surface area contributed by atoms with Crippen molar-refractivity contribution in [2.24, 2.45) is 5.92 Å². The summed E-state index contributed by atoms with van der Waals surface area (Å²) in [6, 6.07) is 5.79. The van der Waals surface area contributed by atoms with Crippen molar-refractivity contribution in [3.63, 3.8) is 0 Å². The lowest BCUT2D eigenvalue weighted by atomic mass is 9.86. The van der Waals surface area contributed by atoms with Crippen molar-refractivity contribution in [1.29, 1.82) is 0 Å². The molecule has 0 amide bonds. The first-order chi connectivity index (χ1) is 10.2. The fourth-order valence-corrected chi connectivity index (χ4v) is 2.61. The number of ketones is 1. The molecular formula is C17H21NO3. The van der Waals surface area contributed by atoms with Crippen LogP contribution < -0.4 is 14.8 Å². The third-order valence-electron chi connectivity index (χ3n) is 4.14. The maximum Gasteiger partial charge on any atom is 0.163 e. The van der Waals surface area contributed by atoms with E-state index in [0.717, 1.165) is 35.9 Å². The van der Waals surface area contributed by atoms with Crippen LogP contribution in [-0.4, -0.2) is 19.5 Å². The van der Waals surface area contributed by atoms with Crippen molar-refractivity contribution in [2.45, 2.75) is 32.1 Å². The van der Waals surface area contributed by atoms with E-state index in [1.54, 1.807) is 13.2 Å². The molecule has 0 spiro atoms. The Hall–Kier alpha value is -1.97. The Morgan fingerprint density at radius 2 is 2.10 bits per heavy atom. The zero-order valence-electron chi connectivity index (χ0n) is 12.4. The second-order valence-corrected chi connectivity index (χ2v) is 5.73. The van der Waals surface area contributed by atoms with E-state index < -0.39 is 0 Å². The molecule has 0 aromatic heterocycles. The predicted molar refractivity (Wildman–Crippen MR) is 81.8 cm³/mol. The number of rotatable bonds is 6. The van der Waals surface area contributed by atoms with Crippen LogP contribution in [0.2, 0.25) is 0 Å². The van der Waals surface area contributed by atoms with Gasteiger partial charge >= 0.3 is 0 Å². The Bertz CT molecular complexity index is 561. The number of carbonyl (C=O) groups is 1. The summed E-state index contributed by atoms with van der Waals surface area (Å²) in [6.45, 7) is 0.751. The van der Waals surface area contributed by atoms with Gasteiger partial charge in [0.05, 0.1) is 13.7 Å². The van der Waals surface area contributed by atoms with E-state index in [1.165, 1.54) is 19.3 Å². The highest BCUT2D eigenvalue weighted by molar-refractivity contribution is 5.93. The normalized spacial score (nSPS) is 18.1. The SMILES string of the molecule is COc1ccc(NC2=CC(=O)CC2)cc1OCC1CCC1. The molecule has 0 saturated heterocycles. The minimum Gasteiger partial charge on any atom is -0.493 e. The lowest BCUT2D eigenvalue weighted by Gasteiger charge is -2.25. The minimum absolute atomic E-state index is 0.187. The second kappa shape index (κ2) is 6.20. The van der Waals surface area contributed by atoms with E-state index in [1.807, 2.05) is 18.2 Å². The van der Waals surface area contributed by atoms with Crippen LogP contribution in [-0.2, 0) is 4.79 Å². The lowest BCUT2D eigenvalue weighted by Crippen LogP contribution is -2.19. The summed E-state index contributed by atoms with van der Waals surface area (Å²) in [4.78, 5) is 11.3. The van der Waals surface area contributed by atoms with Crippen LogP contribution in [0.5, 0.6) is 11.5 Å². The second-order valence-electron chi connectivity index (χ2n) is 5.73. The molecule has 0 radical (unpaired) electrons. The number of nitrogens with one attached hydrogen (secondary N) is 1. The Morgan fingerprint density at radius 3 is 2.71 bits per heavy atom. The number of ether oxygens (including phenoxy) is 2. The van der Waals surface area contributed by atoms with Gasteiger partial charge in [0.2, 0.25) is 0 Å². The van der Waals surface area contributed by atoms with Crippen LogP contribution in [0.1, 0.15) is 32.1 Å². The van der Waals surface area contributed by atoms with Gasteiger partial charge in [-0.2, -0.15) is 0 Å². The monoisotopic (exact) mass is 287 g/mol. The third kappa shape index (κ3) is 3.38. The van der Waals surface area contributed by atoms with Crippen molar-refractivity contribution in [1.82, 2.24) is 0 Å². The smallest absolute Gasteiger partial charge is 0.163 e. The van der Waals surface area contributed by atoms with Crippen LogP contribution in [0.4, 0.5) is 5.69 Å². The van der Waals surface area contributed by atoms with Crippen LogP contribution in [0, 0.1) is 5.92 Å². The standard InChI is InChI=1S/C17H21NO3/c1-20-16-8-6-14(18-13-5-7-15(19)9-13)10-17(16)21-11-12-3-2-4-12/h6,8-10,12,18H,2-5,7,11H2,1H3. The van der Waals surface area contributed by atoms with Gasteiger partial charge in [-0.05, 0) is 37.3 Å². The minimum atomic E-state index is 0.187. The van der Waals surface area contributed by atoms with Gasteiger partial charge in [-0.1, -0.05) is 6.42 Å². The van der Waals surface area contributed by atoms with Crippen molar-refractivity contribution < 1.29 is 14.3 Å². The van der Waals surface area contributed by atoms with Gasteiger partial charge in [0.1, 0.15) is 0 Å².